The van der Waals surface area contributed by atoms with E-state index in [4.69, 9.17) is 0 Å². The van der Waals surface area contributed by atoms with E-state index < -0.39 is 77.5 Å². The molecule has 0 aliphatic carbocycles. The van der Waals surface area contributed by atoms with Crippen LogP contribution in [0, 0.1) is 0 Å². The standard InChI is InChI=1S/C26H18N4O12S4/c31-43(32,33)21-13-19-11-17-7-6-15(27-17)10-16-8-9-18(28-16)12-20-22(14-4-2-1-3-5-14)25(44(34,35)36)24(30(20)46(40,41)42)26(23(21)29-19)45(37,38)39/h1-13,29H,(H,31,32,33)(H,34,35,36)(H,37,38,39)(H,40,41,42). The summed E-state index contributed by atoms with van der Waals surface area (Å²) in [5, 5.41) is 0. The SMILES string of the molecule is O=S(=O)(O)c1cc2cc3nc(cc4nc(cc5c(-c6ccccc6)c(S(=O)(=O)O)c(c(S(=O)(=O)O)c1[nH]2)n5S(=O)(=O)O)C=C4)C=C3. The van der Waals surface area contributed by atoms with E-state index in [9.17, 15) is 51.9 Å². The third-order valence-corrected chi connectivity index (χ3v) is 10.2. The second-order valence-corrected chi connectivity index (χ2v) is 15.2. The summed E-state index contributed by atoms with van der Waals surface area (Å²) < 4.78 is 145. The van der Waals surface area contributed by atoms with Crippen molar-refractivity contribution >= 4 is 87.0 Å². The molecule has 0 saturated carbocycles. The maximum Gasteiger partial charge on any atom is 0.364 e. The number of H-pyrrole nitrogens is 1. The van der Waals surface area contributed by atoms with Gasteiger partial charge >= 0.3 is 10.3 Å². The monoisotopic (exact) mass is 706 g/mol. The van der Waals surface area contributed by atoms with Crippen LogP contribution in [0.4, 0.5) is 0 Å². The minimum absolute atomic E-state index is 0.0566. The summed E-state index contributed by atoms with van der Waals surface area (Å²) in [6.07, 6.45) is 5.90. The van der Waals surface area contributed by atoms with Crippen molar-refractivity contribution < 1.29 is 51.9 Å². The van der Waals surface area contributed by atoms with Crippen LogP contribution in [0.2, 0.25) is 0 Å². The Bertz CT molecular complexity index is 2680. The highest BCUT2D eigenvalue weighted by molar-refractivity contribution is 7.88. The van der Waals surface area contributed by atoms with Crippen LogP contribution in [-0.2, 0) is 40.7 Å². The summed E-state index contributed by atoms with van der Waals surface area (Å²) >= 11 is 0. The van der Waals surface area contributed by atoms with Gasteiger partial charge in [-0.25, -0.2) is 13.9 Å². The Morgan fingerprint density at radius 2 is 1.13 bits per heavy atom. The van der Waals surface area contributed by atoms with Crippen LogP contribution in [0.3, 0.4) is 0 Å². The number of rotatable bonds is 5. The first-order valence-corrected chi connectivity index (χ1v) is 18.2. The number of hydrogen-bond donors (Lipinski definition) is 5. The molecule has 4 aromatic rings. The molecule has 0 spiro atoms. The van der Waals surface area contributed by atoms with E-state index in [0.717, 1.165) is 6.07 Å². The maximum atomic E-state index is 13.1. The summed E-state index contributed by atoms with van der Waals surface area (Å²) in [7, 11) is -22.9. The third kappa shape index (κ3) is 5.67. The first-order chi connectivity index (χ1) is 21.3. The molecule has 6 rings (SSSR count). The van der Waals surface area contributed by atoms with Gasteiger partial charge in [0.25, 0.3) is 30.4 Å². The first-order valence-electron chi connectivity index (χ1n) is 12.5. The molecule has 2 aliphatic rings. The van der Waals surface area contributed by atoms with Gasteiger partial charge in [-0.15, -0.1) is 0 Å². The molecule has 0 unspecified atom stereocenters. The lowest BCUT2D eigenvalue weighted by molar-refractivity contribution is 0.475. The number of nitrogens with zero attached hydrogens (tertiary/aromatic N) is 3. The highest BCUT2D eigenvalue weighted by Gasteiger charge is 2.37. The van der Waals surface area contributed by atoms with E-state index in [1.807, 2.05) is 0 Å². The number of nitrogens with one attached hydrogen (secondary N) is 1. The zero-order valence-corrected chi connectivity index (χ0v) is 25.8. The van der Waals surface area contributed by atoms with E-state index in [1.54, 1.807) is 6.08 Å². The normalized spacial score (nSPS) is 13.7. The Hall–Kier alpha value is -4.54. The van der Waals surface area contributed by atoms with Gasteiger partial charge in [0.05, 0.1) is 33.8 Å². The summed E-state index contributed by atoms with van der Waals surface area (Å²) in [4.78, 5) is 6.49. The fourth-order valence-corrected chi connectivity index (χ4v) is 8.60. The van der Waals surface area contributed by atoms with E-state index >= 15 is 0 Å². The van der Waals surface area contributed by atoms with Gasteiger partial charge in [-0.05, 0) is 54.1 Å². The molecule has 46 heavy (non-hydrogen) atoms. The molecule has 0 atom stereocenters. The molecule has 5 heterocycles. The fraction of sp³-hybridized carbons (Fsp3) is 0. The molecule has 0 fully saturated rings. The van der Waals surface area contributed by atoms with Crippen molar-refractivity contribution in [3.63, 3.8) is 0 Å². The average molecular weight is 707 g/mol. The van der Waals surface area contributed by atoms with E-state index in [2.05, 4.69) is 15.0 Å². The Labute approximate surface area is 260 Å². The number of aromatic nitrogens is 4. The molecule has 8 bridgehead atoms. The quantitative estimate of drug-likeness (QED) is 0.161. The van der Waals surface area contributed by atoms with Crippen molar-refractivity contribution in [3.05, 3.63) is 77.4 Å². The second-order valence-electron chi connectivity index (χ2n) is 9.79. The Morgan fingerprint density at radius 1 is 0.609 bits per heavy atom. The van der Waals surface area contributed by atoms with Gasteiger partial charge in [-0.3, -0.25) is 18.2 Å². The summed E-state index contributed by atoms with van der Waals surface area (Å²) in [5.41, 5.74) is -3.96. The molecule has 0 amide bonds. The summed E-state index contributed by atoms with van der Waals surface area (Å²) in [6.45, 7) is 0. The van der Waals surface area contributed by atoms with Gasteiger partial charge in [0, 0.05) is 11.1 Å². The smallest absolute Gasteiger partial charge is 0.353 e. The lowest BCUT2D eigenvalue weighted by Gasteiger charge is -2.07. The van der Waals surface area contributed by atoms with E-state index in [0.29, 0.717) is 11.8 Å². The highest BCUT2D eigenvalue weighted by atomic mass is 32.2. The second kappa shape index (κ2) is 10.5. The topological polar surface area (TPSA) is 264 Å². The minimum atomic E-state index is -5.94. The van der Waals surface area contributed by atoms with Crippen LogP contribution in [0.25, 0.3) is 57.5 Å². The van der Waals surface area contributed by atoms with Gasteiger partial charge in [-0.1, -0.05) is 30.3 Å². The molecule has 3 aromatic heterocycles. The molecular formula is C26H18N4O12S4. The van der Waals surface area contributed by atoms with E-state index in [1.165, 1.54) is 60.7 Å². The number of benzene rings is 1. The number of hydrogen-bond acceptors (Lipinski definition) is 10. The Morgan fingerprint density at radius 3 is 1.63 bits per heavy atom. The zero-order chi connectivity index (χ0) is 33.4. The van der Waals surface area contributed by atoms with Crippen LogP contribution in [0.15, 0.2) is 69.3 Å². The minimum Gasteiger partial charge on any atom is -0.353 e. The van der Waals surface area contributed by atoms with Gasteiger partial charge in [0.1, 0.15) is 20.2 Å². The highest BCUT2D eigenvalue weighted by Crippen LogP contribution is 2.42. The maximum absolute atomic E-state index is 13.1. The van der Waals surface area contributed by atoms with Crippen molar-refractivity contribution in [2.45, 2.75) is 14.7 Å². The Balaban J connectivity index is 2.11. The molecule has 2 aliphatic heterocycles. The number of fused-ring (bicyclic) bond motifs is 8. The van der Waals surface area contributed by atoms with Gasteiger partial charge < -0.3 is 4.98 Å². The van der Waals surface area contributed by atoms with Crippen LogP contribution < -0.4 is 0 Å². The predicted octanol–water partition coefficient (Wildman–Crippen LogP) is 3.19. The molecule has 238 valence electrons. The van der Waals surface area contributed by atoms with Crippen molar-refractivity contribution in [1.82, 2.24) is 18.9 Å². The lowest BCUT2D eigenvalue weighted by atomic mass is 10.1. The van der Waals surface area contributed by atoms with Gasteiger partial charge in [0.15, 0.2) is 0 Å². The largest absolute Gasteiger partial charge is 0.364 e. The van der Waals surface area contributed by atoms with Gasteiger partial charge in [-0.2, -0.15) is 33.7 Å². The Kier molecular flexibility index (Phi) is 7.18. The molecule has 16 nitrogen and oxygen atoms in total. The molecule has 5 N–H and O–H groups in total. The molecule has 1 aromatic carbocycles. The summed E-state index contributed by atoms with van der Waals surface area (Å²) in [6, 6.07) is 11.1. The van der Waals surface area contributed by atoms with Crippen LogP contribution >= 0.6 is 0 Å². The zero-order valence-electron chi connectivity index (χ0n) is 22.5. The first kappa shape index (κ1) is 31.4. The van der Waals surface area contributed by atoms with Crippen molar-refractivity contribution in [2.24, 2.45) is 0 Å². The van der Waals surface area contributed by atoms with E-state index in [-0.39, 0.29) is 32.1 Å². The van der Waals surface area contributed by atoms with Crippen molar-refractivity contribution in [1.29, 1.82) is 0 Å². The molecule has 20 heteroatoms. The average Bonchev–Trinajstić information content (AvgIpc) is 3.70. The van der Waals surface area contributed by atoms with Crippen molar-refractivity contribution in [3.8, 4) is 11.1 Å². The van der Waals surface area contributed by atoms with Crippen LogP contribution in [0.5, 0.6) is 0 Å². The molecular weight excluding hydrogens is 689 g/mol. The van der Waals surface area contributed by atoms with Crippen LogP contribution in [-0.4, -0.2) is 70.8 Å². The van der Waals surface area contributed by atoms with Crippen molar-refractivity contribution in [2.75, 3.05) is 0 Å². The predicted molar refractivity (Wildman–Crippen MR) is 164 cm³/mol. The lowest BCUT2D eigenvalue weighted by Crippen LogP contribution is -2.14. The third-order valence-electron chi connectivity index (χ3n) is 6.70. The van der Waals surface area contributed by atoms with Gasteiger partial charge in [0.2, 0.25) is 0 Å². The fourth-order valence-electron chi connectivity index (χ4n) is 5.09. The molecule has 0 saturated heterocycles. The summed E-state index contributed by atoms with van der Waals surface area (Å²) in [5.74, 6) is 0. The molecule has 0 radical (unpaired) electrons. The number of aromatic amines is 1. The van der Waals surface area contributed by atoms with Crippen LogP contribution in [0.1, 0.15) is 22.8 Å².